The summed E-state index contributed by atoms with van der Waals surface area (Å²) in [5.41, 5.74) is 0.148. The second-order valence-electron chi connectivity index (χ2n) is 10.1. The summed E-state index contributed by atoms with van der Waals surface area (Å²) in [7, 11) is 3.53. The van der Waals surface area contributed by atoms with Gasteiger partial charge in [-0.3, -0.25) is 0 Å². The number of carbonyl (C=O) groups excluding carboxylic acids is 1. The van der Waals surface area contributed by atoms with E-state index in [-0.39, 0.29) is 23.8 Å². The van der Waals surface area contributed by atoms with Gasteiger partial charge in [-0.2, -0.15) is 0 Å². The van der Waals surface area contributed by atoms with Crippen LogP contribution in [0.1, 0.15) is 50.2 Å². The van der Waals surface area contributed by atoms with E-state index < -0.39 is 5.60 Å². The molecule has 2 amide bonds. The molecule has 3 N–H and O–H groups in total. The Bertz CT molecular complexity index is 1020. The number of nitrogens with one attached hydrogen (secondary N) is 2. The number of halogens is 1. The van der Waals surface area contributed by atoms with Gasteiger partial charge in [-0.25, -0.2) is 9.18 Å². The van der Waals surface area contributed by atoms with Crippen LogP contribution in [-0.4, -0.2) is 62.5 Å². The summed E-state index contributed by atoms with van der Waals surface area (Å²) < 4.78 is 25.2. The van der Waals surface area contributed by atoms with Crippen molar-refractivity contribution in [1.29, 1.82) is 0 Å². The summed E-state index contributed by atoms with van der Waals surface area (Å²) in [6.07, 6.45) is 3.68. The molecule has 0 spiro atoms. The van der Waals surface area contributed by atoms with Gasteiger partial charge in [0.2, 0.25) is 0 Å². The number of carbonyl (C=O) groups is 1. The Labute approximate surface area is 220 Å². The number of urea groups is 1. The summed E-state index contributed by atoms with van der Waals surface area (Å²) >= 11 is 0. The van der Waals surface area contributed by atoms with Crippen molar-refractivity contribution in [2.75, 3.05) is 40.4 Å². The van der Waals surface area contributed by atoms with Crippen molar-refractivity contribution < 1.29 is 23.8 Å². The van der Waals surface area contributed by atoms with Crippen molar-refractivity contribution in [3.8, 4) is 11.5 Å². The van der Waals surface area contributed by atoms with Gasteiger partial charge in [0.1, 0.15) is 17.3 Å². The predicted molar refractivity (Wildman–Crippen MR) is 143 cm³/mol. The Kier molecular flexibility index (Phi) is 10.7. The largest absolute Gasteiger partial charge is 0.457 e. The minimum atomic E-state index is -1.21. The van der Waals surface area contributed by atoms with E-state index in [1.807, 2.05) is 43.1 Å². The number of hydrogen-bond acceptors (Lipinski definition) is 5. The molecule has 1 heterocycles. The number of aliphatic hydroxyl groups is 1. The van der Waals surface area contributed by atoms with Crippen molar-refractivity contribution in [2.24, 2.45) is 5.92 Å². The minimum Gasteiger partial charge on any atom is -0.457 e. The first-order chi connectivity index (χ1) is 17.8. The molecule has 7 nitrogen and oxygen atoms in total. The number of aryl methyl sites for hydroxylation is 1. The number of likely N-dealkylation sites (tertiary alicyclic amines) is 1. The highest BCUT2D eigenvalue weighted by molar-refractivity contribution is 5.74. The second kappa shape index (κ2) is 13.7. The third-order valence-electron chi connectivity index (χ3n) is 7.13. The molecule has 2 aromatic rings. The van der Waals surface area contributed by atoms with E-state index >= 15 is 0 Å². The molecule has 1 aliphatic heterocycles. The molecule has 3 atom stereocenters. The van der Waals surface area contributed by atoms with E-state index in [9.17, 15) is 14.3 Å². The number of piperidine rings is 1. The van der Waals surface area contributed by atoms with E-state index in [0.717, 1.165) is 25.7 Å². The second-order valence-corrected chi connectivity index (χ2v) is 10.1. The zero-order chi connectivity index (χ0) is 26.8. The Morgan fingerprint density at radius 2 is 2.03 bits per heavy atom. The van der Waals surface area contributed by atoms with Crippen LogP contribution in [0.2, 0.25) is 0 Å². The van der Waals surface area contributed by atoms with Crippen LogP contribution in [-0.2, 0) is 10.3 Å². The standard InChI is InChI=1S/C29H42FN3O4/c1-21-18-24(30)13-14-26(21)37-27-12-6-5-11-25(27)29(35,15-7-8-17-36-4)23-10-9-16-33(20-23)28(34)32-22(2)19-31-3/h5-6,11-14,18,22-23,31,35H,7-10,15-17,19-20H2,1-4H3,(H,32,34)/t22?,23-,29+/m1/s1. The number of benzene rings is 2. The van der Waals surface area contributed by atoms with E-state index in [1.54, 1.807) is 20.1 Å². The molecular weight excluding hydrogens is 473 g/mol. The highest BCUT2D eigenvalue weighted by Gasteiger charge is 2.43. The normalized spacial score (nSPS) is 18.2. The summed E-state index contributed by atoms with van der Waals surface area (Å²) in [5.74, 6) is 0.583. The summed E-state index contributed by atoms with van der Waals surface area (Å²) in [4.78, 5) is 14.8. The number of likely N-dealkylation sites (N-methyl/N-ethyl adjacent to an activating group) is 1. The number of hydrogen-bond donors (Lipinski definition) is 3. The van der Waals surface area contributed by atoms with Crippen LogP contribution in [0.25, 0.3) is 0 Å². The van der Waals surface area contributed by atoms with Gasteiger partial charge in [0, 0.05) is 50.9 Å². The third kappa shape index (κ3) is 7.66. The summed E-state index contributed by atoms with van der Waals surface area (Å²) in [6, 6.07) is 11.8. The van der Waals surface area contributed by atoms with Gasteiger partial charge in [0.15, 0.2) is 0 Å². The molecule has 1 unspecified atom stereocenters. The van der Waals surface area contributed by atoms with Gasteiger partial charge in [0.05, 0.1) is 5.60 Å². The van der Waals surface area contributed by atoms with Gasteiger partial charge in [0.25, 0.3) is 0 Å². The lowest BCUT2D eigenvalue weighted by atomic mass is 9.73. The molecule has 0 bridgehead atoms. The van der Waals surface area contributed by atoms with Crippen LogP contribution in [0.15, 0.2) is 42.5 Å². The third-order valence-corrected chi connectivity index (χ3v) is 7.13. The molecule has 1 aliphatic rings. The topological polar surface area (TPSA) is 83.1 Å². The molecule has 1 saturated heterocycles. The molecule has 3 rings (SSSR count). The zero-order valence-electron chi connectivity index (χ0n) is 22.6. The number of nitrogens with zero attached hydrogens (tertiary/aromatic N) is 1. The number of para-hydroxylation sites is 1. The van der Waals surface area contributed by atoms with Crippen LogP contribution in [0.3, 0.4) is 0 Å². The Balaban J connectivity index is 1.90. The molecule has 0 aliphatic carbocycles. The van der Waals surface area contributed by atoms with Crippen molar-refractivity contribution >= 4 is 6.03 Å². The van der Waals surface area contributed by atoms with Crippen molar-refractivity contribution in [2.45, 2.75) is 57.6 Å². The molecule has 37 heavy (non-hydrogen) atoms. The Morgan fingerprint density at radius 1 is 1.24 bits per heavy atom. The van der Waals surface area contributed by atoms with Crippen LogP contribution >= 0.6 is 0 Å². The zero-order valence-corrected chi connectivity index (χ0v) is 22.6. The predicted octanol–water partition coefficient (Wildman–Crippen LogP) is 4.96. The fourth-order valence-electron chi connectivity index (χ4n) is 5.17. The van der Waals surface area contributed by atoms with E-state index in [0.29, 0.717) is 55.3 Å². The van der Waals surface area contributed by atoms with Crippen LogP contribution in [0.5, 0.6) is 11.5 Å². The quantitative estimate of drug-likeness (QED) is 0.348. The van der Waals surface area contributed by atoms with Crippen molar-refractivity contribution in [1.82, 2.24) is 15.5 Å². The molecule has 204 valence electrons. The van der Waals surface area contributed by atoms with Gasteiger partial charge in [-0.05, 0) is 82.8 Å². The Morgan fingerprint density at radius 3 is 2.76 bits per heavy atom. The minimum absolute atomic E-state index is 0.00104. The number of unbranched alkanes of at least 4 members (excludes halogenated alkanes) is 1. The SMILES string of the molecule is CNCC(C)NC(=O)N1CCC[C@@H]([C@@](O)(CCCCOC)c2ccccc2Oc2ccc(F)cc2C)C1. The van der Waals surface area contributed by atoms with Crippen LogP contribution in [0, 0.1) is 18.7 Å². The molecule has 2 aromatic carbocycles. The van der Waals surface area contributed by atoms with Gasteiger partial charge in [-0.1, -0.05) is 18.2 Å². The lowest BCUT2D eigenvalue weighted by molar-refractivity contribution is -0.0574. The molecule has 0 aromatic heterocycles. The number of ether oxygens (including phenoxy) is 2. The maximum absolute atomic E-state index is 13.7. The average molecular weight is 516 g/mol. The average Bonchev–Trinajstić information content (AvgIpc) is 2.88. The maximum atomic E-state index is 13.7. The smallest absolute Gasteiger partial charge is 0.317 e. The van der Waals surface area contributed by atoms with Gasteiger partial charge < -0.3 is 30.1 Å². The summed E-state index contributed by atoms with van der Waals surface area (Å²) in [6.45, 7) is 6.16. The molecule has 1 fully saturated rings. The van der Waals surface area contributed by atoms with E-state index in [4.69, 9.17) is 9.47 Å². The molecule has 0 radical (unpaired) electrons. The van der Waals surface area contributed by atoms with E-state index in [1.165, 1.54) is 12.1 Å². The fraction of sp³-hybridized carbons (Fsp3) is 0.552. The first kappa shape index (κ1) is 28.9. The highest BCUT2D eigenvalue weighted by atomic mass is 19.1. The van der Waals surface area contributed by atoms with E-state index in [2.05, 4.69) is 10.6 Å². The Hall–Kier alpha value is -2.68. The monoisotopic (exact) mass is 515 g/mol. The number of rotatable bonds is 12. The molecule has 0 saturated carbocycles. The lowest BCUT2D eigenvalue weighted by Gasteiger charge is -2.43. The molecular formula is C29H42FN3O4. The number of amides is 2. The van der Waals surface area contributed by atoms with Gasteiger partial charge >= 0.3 is 6.03 Å². The highest BCUT2D eigenvalue weighted by Crippen LogP contribution is 2.44. The van der Waals surface area contributed by atoms with Crippen molar-refractivity contribution in [3.63, 3.8) is 0 Å². The van der Waals surface area contributed by atoms with Crippen LogP contribution < -0.4 is 15.4 Å². The van der Waals surface area contributed by atoms with Gasteiger partial charge in [-0.15, -0.1) is 0 Å². The lowest BCUT2D eigenvalue weighted by Crippen LogP contribution is -2.53. The fourth-order valence-corrected chi connectivity index (χ4v) is 5.17. The van der Waals surface area contributed by atoms with Crippen LogP contribution in [0.4, 0.5) is 9.18 Å². The molecule has 8 heteroatoms. The number of methoxy groups -OCH3 is 1. The maximum Gasteiger partial charge on any atom is 0.317 e. The first-order valence-corrected chi connectivity index (χ1v) is 13.2. The van der Waals surface area contributed by atoms with Crippen molar-refractivity contribution in [3.05, 3.63) is 59.4 Å². The first-order valence-electron chi connectivity index (χ1n) is 13.2. The summed E-state index contributed by atoms with van der Waals surface area (Å²) in [5, 5.41) is 18.5.